The fourth-order valence-corrected chi connectivity index (χ4v) is 4.56. The summed E-state index contributed by atoms with van der Waals surface area (Å²) in [6.45, 7) is 1.89. The average molecular weight is 421 g/mol. The van der Waals surface area contributed by atoms with E-state index in [4.69, 9.17) is 4.74 Å². The molecule has 0 unspecified atom stereocenters. The number of carbonyl (C=O) groups excluding carboxylic acids is 2. The van der Waals surface area contributed by atoms with E-state index in [1.54, 1.807) is 24.3 Å². The molecule has 1 N–H and O–H groups in total. The van der Waals surface area contributed by atoms with Gasteiger partial charge in [-0.15, -0.1) is 0 Å². The Balaban J connectivity index is 1.31. The monoisotopic (exact) mass is 420 g/mol. The standard InChI is InChI=1S/C26H32N2O3/c1-28-17-15-24(16-18-28)31-26(30)22-9-7-21(8-10-22)25(29)27-23-13-11-20(12-14-23)19-5-3-2-4-6-19/h7-14,19,24H,2-6,15-18H2,1H3,(H,27,29). The summed E-state index contributed by atoms with van der Waals surface area (Å²) in [5.74, 6) is 0.154. The van der Waals surface area contributed by atoms with Crippen LogP contribution in [0.2, 0.25) is 0 Å². The second kappa shape index (κ2) is 10.1. The number of ether oxygens (including phenoxy) is 1. The molecule has 1 saturated carbocycles. The Morgan fingerprint density at radius 2 is 1.45 bits per heavy atom. The number of hydrogen-bond donors (Lipinski definition) is 1. The summed E-state index contributed by atoms with van der Waals surface area (Å²) in [6.07, 6.45) is 8.19. The zero-order chi connectivity index (χ0) is 21.6. The summed E-state index contributed by atoms with van der Waals surface area (Å²) < 4.78 is 5.62. The van der Waals surface area contributed by atoms with Crippen molar-refractivity contribution in [1.29, 1.82) is 0 Å². The first-order chi connectivity index (χ1) is 15.1. The van der Waals surface area contributed by atoms with E-state index in [0.717, 1.165) is 31.6 Å². The molecule has 0 bridgehead atoms. The van der Waals surface area contributed by atoms with Gasteiger partial charge in [0.15, 0.2) is 0 Å². The molecule has 4 rings (SSSR count). The maximum Gasteiger partial charge on any atom is 0.338 e. The lowest BCUT2D eigenvalue weighted by molar-refractivity contribution is 0.0139. The van der Waals surface area contributed by atoms with E-state index in [0.29, 0.717) is 17.0 Å². The molecule has 1 aliphatic heterocycles. The molecule has 2 aliphatic rings. The Morgan fingerprint density at radius 3 is 2.10 bits per heavy atom. The van der Waals surface area contributed by atoms with Crippen LogP contribution in [-0.2, 0) is 4.74 Å². The van der Waals surface area contributed by atoms with Gasteiger partial charge in [-0.3, -0.25) is 4.79 Å². The maximum absolute atomic E-state index is 12.6. The highest BCUT2D eigenvalue weighted by molar-refractivity contribution is 6.04. The first-order valence-corrected chi connectivity index (χ1v) is 11.5. The first-order valence-electron chi connectivity index (χ1n) is 11.5. The number of anilines is 1. The van der Waals surface area contributed by atoms with Crippen molar-refractivity contribution in [3.63, 3.8) is 0 Å². The van der Waals surface area contributed by atoms with Gasteiger partial charge in [0, 0.05) is 24.3 Å². The number of amides is 1. The van der Waals surface area contributed by atoms with Crippen molar-refractivity contribution >= 4 is 17.6 Å². The molecular weight excluding hydrogens is 388 g/mol. The number of piperidine rings is 1. The van der Waals surface area contributed by atoms with Crippen LogP contribution in [0.3, 0.4) is 0 Å². The average Bonchev–Trinajstić information content (AvgIpc) is 2.82. The van der Waals surface area contributed by atoms with E-state index in [1.165, 1.54) is 37.7 Å². The normalized spacial score (nSPS) is 18.5. The van der Waals surface area contributed by atoms with Crippen molar-refractivity contribution in [3.05, 3.63) is 65.2 Å². The second-order valence-electron chi connectivity index (χ2n) is 8.90. The molecule has 1 saturated heterocycles. The minimum atomic E-state index is -0.320. The van der Waals surface area contributed by atoms with Crippen LogP contribution in [0, 0.1) is 0 Å². The zero-order valence-corrected chi connectivity index (χ0v) is 18.3. The van der Waals surface area contributed by atoms with E-state index < -0.39 is 0 Å². The number of nitrogens with one attached hydrogen (secondary N) is 1. The van der Waals surface area contributed by atoms with E-state index in [2.05, 4.69) is 29.4 Å². The molecule has 2 aromatic carbocycles. The number of hydrogen-bond acceptors (Lipinski definition) is 4. The van der Waals surface area contributed by atoms with Crippen molar-refractivity contribution in [1.82, 2.24) is 4.90 Å². The fourth-order valence-electron chi connectivity index (χ4n) is 4.56. The Bertz CT molecular complexity index is 878. The summed E-state index contributed by atoms with van der Waals surface area (Å²) in [7, 11) is 2.08. The molecule has 5 nitrogen and oxygen atoms in total. The summed E-state index contributed by atoms with van der Waals surface area (Å²) in [6, 6.07) is 14.9. The molecule has 2 aromatic rings. The van der Waals surface area contributed by atoms with Crippen molar-refractivity contribution in [2.24, 2.45) is 0 Å². The third kappa shape index (κ3) is 5.73. The molecule has 0 radical (unpaired) electrons. The predicted octanol–water partition coefficient (Wildman–Crippen LogP) is 5.24. The SMILES string of the molecule is CN1CCC(OC(=O)c2ccc(C(=O)Nc3ccc(C4CCCCC4)cc3)cc2)CC1. The van der Waals surface area contributed by atoms with Crippen molar-refractivity contribution in [2.75, 3.05) is 25.5 Å². The number of likely N-dealkylation sites (tertiary alicyclic amines) is 1. The van der Waals surface area contributed by atoms with E-state index >= 15 is 0 Å². The topological polar surface area (TPSA) is 58.6 Å². The van der Waals surface area contributed by atoms with Crippen LogP contribution in [0.15, 0.2) is 48.5 Å². The van der Waals surface area contributed by atoms with Gasteiger partial charge in [0.05, 0.1) is 5.56 Å². The number of rotatable bonds is 5. The van der Waals surface area contributed by atoms with E-state index in [1.807, 2.05) is 12.1 Å². The summed E-state index contributed by atoms with van der Waals surface area (Å²) in [4.78, 5) is 27.2. The molecule has 0 atom stereocenters. The largest absolute Gasteiger partial charge is 0.459 e. The lowest BCUT2D eigenvalue weighted by Gasteiger charge is -2.28. The molecule has 0 aromatic heterocycles. The molecule has 5 heteroatoms. The van der Waals surface area contributed by atoms with Gasteiger partial charge >= 0.3 is 5.97 Å². The zero-order valence-electron chi connectivity index (χ0n) is 18.3. The maximum atomic E-state index is 12.6. The van der Waals surface area contributed by atoms with Crippen LogP contribution in [-0.4, -0.2) is 43.0 Å². The quantitative estimate of drug-likeness (QED) is 0.672. The molecule has 1 aliphatic carbocycles. The Hall–Kier alpha value is -2.66. The smallest absolute Gasteiger partial charge is 0.338 e. The van der Waals surface area contributed by atoms with Gasteiger partial charge in [0.1, 0.15) is 6.10 Å². The van der Waals surface area contributed by atoms with E-state index in [-0.39, 0.29) is 18.0 Å². The predicted molar refractivity (Wildman–Crippen MR) is 123 cm³/mol. The first kappa shape index (κ1) is 21.6. The number of carbonyl (C=O) groups is 2. The van der Waals surface area contributed by atoms with Crippen LogP contribution < -0.4 is 5.32 Å². The molecule has 164 valence electrons. The third-order valence-electron chi connectivity index (χ3n) is 6.57. The minimum Gasteiger partial charge on any atom is -0.459 e. The second-order valence-corrected chi connectivity index (χ2v) is 8.90. The number of esters is 1. The minimum absolute atomic E-state index is 0.0248. The van der Waals surface area contributed by atoms with Gasteiger partial charge in [-0.25, -0.2) is 4.79 Å². The molecule has 1 heterocycles. The third-order valence-corrected chi connectivity index (χ3v) is 6.57. The van der Waals surface area contributed by atoms with Crippen LogP contribution in [0.25, 0.3) is 0 Å². The number of nitrogens with zero attached hydrogens (tertiary/aromatic N) is 1. The molecule has 1 amide bonds. The van der Waals surface area contributed by atoms with Crippen molar-refractivity contribution in [3.8, 4) is 0 Å². The van der Waals surface area contributed by atoms with Gasteiger partial charge in [0.2, 0.25) is 0 Å². The Morgan fingerprint density at radius 1 is 0.839 bits per heavy atom. The van der Waals surface area contributed by atoms with Crippen molar-refractivity contribution < 1.29 is 14.3 Å². The van der Waals surface area contributed by atoms with Crippen molar-refractivity contribution in [2.45, 2.75) is 57.0 Å². The van der Waals surface area contributed by atoms with E-state index in [9.17, 15) is 9.59 Å². The number of benzene rings is 2. The molecule has 2 fully saturated rings. The lowest BCUT2D eigenvalue weighted by atomic mass is 9.84. The fraction of sp³-hybridized carbons (Fsp3) is 0.462. The highest BCUT2D eigenvalue weighted by Gasteiger charge is 2.21. The highest BCUT2D eigenvalue weighted by Crippen LogP contribution is 2.33. The van der Waals surface area contributed by atoms with Gasteiger partial charge in [-0.1, -0.05) is 31.4 Å². The van der Waals surface area contributed by atoms with Gasteiger partial charge in [-0.05, 0) is 80.6 Å². The van der Waals surface area contributed by atoms with Gasteiger partial charge in [-0.2, -0.15) is 0 Å². The highest BCUT2D eigenvalue weighted by atomic mass is 16.5. The summed E-state index contributed by atoms with van der Waals surface area (Å²) >= 11 is 0. The molecule has 31 heavy (non-hydrogen) atoms. The Labute approximate surface area is 184 Å². The van der Waals surface area contributed by atoms with Crippen LogP contribution in [0.1, 0.15) is 77.1 Å². The Kier molecular flexibility index (Phi) is 7.03. The van der Waals surface area contributed by atoms with Gasteiger partial charge in [0.25, 0.3) is 5.91 Å². The van der Waals surface area contributed by atoms with Crippen LogP contribution >= 0.6 is 0 Å². The lowest BCUT2D eigenvalue weighted by Crippen LogP contribution is -2.35. The van der Waals surface area contributed by atoms with Crippen LogP contribution in [0.5, 0.6) is 0 Å². The summed E-state index contributed by atoms with van der Waals surface area (Å²) in [5.41, 5.74) is 3.15. The van der Waals surface area contributed by atoms with Gasteiger partial charge < -0.3 is 15.0 Å². The van der Waals surface area contributed by atoms with Crippen LogP contribution in [0.4, 0.5) is 5.69 Å². The summed E-state index contributed by atoms with van der Waals surface area (Å²) in [5, 5.41) is 2.95. The molecule has 0 spiro atoms. The molecular formula is C26H32N2O3.